The Hall–Kier alpha value is -2.02. The van der Waals surface area contributed by atoms with Crippen molar-refractivity contribution >= 4 is 21.9 Å². The first-order valence-corrected chi connectivity index (χ1v) is 5.54. The first-order chi connectivity index (χ1) is 8.56. The van der Waals surface area contributed by atoms with E-state index >= 15 is 0 Å². The summed E-state index contributed by atoms with van der Waals surface area (Å²) in [5, 5.41) is 8.67. The predicted octanol–water partition coefficient (Wildman–Crippen LogP) is 2.87. The van der Waals surface area contributed by atoms with Gasteiger partial charge in [0.25, 0.3) is 0 Å². The number of aromatic nitrogens is 2. The largest absolute Gasteiger partial charge is 0.478 e. The molecule has 0 bridgehead atoms. The monoisotopic (exact) mass is 312 g/mol. The van der Waals surface area contributed by atoms with Crippen LogP contribution in [0.15, 0.2) is 35.1 Å². The summed E-state index contributed by atoms with van der Waals surface area (Å²) in [4.78, 5) is 18.3. The molecule has 1 aromatic carbocycles. The van der Waals surface area contributed by atoms with Crippen LogP contribution in [0.4, 0.5) is 4.39 Å². The molecule has 5 nitrogen and oxygen atoms in total. The maximum atomic E-state index is 13.4. The molecule has 0 spiro atoms. The fourth-order valence-electron chi connectivity index (χ4n) is 1.19. The lowest BCUT2D eigenvalue weighted by molar-refractivity contribution is 0.0692. The molecule has 1 N–H and O–H groups in total. The van der Waals surface area contributed by atoms with Crippen LogP contribution in [-0.2, 0) is 0 Å². The molecule has 0 radical (unpaired) electrons. The smallest absolute Gasteiger partial charge is 0.338 e. The number of halogens is 2. The van der Waals surface area contributed by atoms with E-state index in [1.54, 1.807) is 0 Å². The molecule has 2 rings (SSSR count). The molecule has 0 fully saturated rings. The summed E-state index contributed by atoms with van der Waals surface area (Å²) in [6.07, 6.45) is 2.95. The second-order valence-corrected chi connectivity index (χ2v) is 4.15. The maximum Gasteiger partial charge on any atom is 0.338 e. The minimum atomic E-state index is -1.33. The van der Waals surface area contributed by atoms with Crippen molar-refractivity contribution in [2.75, 3.05) is 0 Å². The first-order valence-electron chi connectivity index (χ1n) is 4.74. The molecule has 0 saturated heterocycles. The van der Waals surface area contributed by atoms with Crippen LogP contribution in [0.2, 0.25) is 0 Å². The van der Waals surface area contributed by atoms with E-state index in [2.05, 4.69) is 25.9 Å². The van der Waals surface area contributed by atoms with Gasteiger partial charge in [-0.25, -0.2) is 19.2 Å². The first kappa shape index (κ1) is 12.4. The fraction of sp³-hybridized carbons (Fsp3) is 0. The Morgan fingerprint density at radius 1 is 1.33 bits per heavy atom. The molecule has 0 aliphatic rings. The average Bonchev–Trinajstić information content (AvgIpc) is 2.32. The Balaban J connectivity index is 2.22. The van der Waals surface area contributed by atoms with Crippen LogP contribution in [0.5, 0.6) is 11.8 Å². The van der Waals surface area contributed by atoms with Crippen LogP contribution < -0.4 is 4.74 Å². The Kier molecular flexibility index (Phi) is 3.52. The summed E-state index contributed by atoms with van der Waals surface area (Å²) >= 11 is 3.16. The molecule has 0 unspecified atom stereocenters. The summed E-state index contributed by atoms with van der Waals surface area (Å²) in [6.45, 7) is 0. The minimum Gasteiger partial charge on any atom is -0.478 e. The van der Waals surface area contributed by atoms with E-state index in [9.17, 15) is 9.18 Å². The molecule has 0 saturated carbocycles. The molecule has 2 aromatic rings. The van der Waals surface area contributed by atoms with Crippen LogP contribution in [0.1, 0.15) is 10.4 Å². The van der Waals surface area contributed by atoms with Gasteiger partial charge in [-0.15, -0.1) is 0 Å². The Morgan fingerprint density at radius 2 is 2.00 bits per heavy atom. The van der Waals surface area contributed by atoms with Crippen molar-refractivity contribution in [3.8, 4) is 11.8 Å². The van der Waals surface area contributed by atoms with Gasteiger partial charge in [-0.05, 0) is 28.1 Å². The van der Waals surface area contributed by atoms with Crippen molar-refractivity contribution in [3.05, 3.63) is 46.4 Å². The van der Waals surface area contributed by atoms with Gasteiger partial charge in [0.15, 0.2) is 0 Å². The lowest BCUT2D eigenvalue weighted by Gasteiger charge is -2.04. The number of rotatable bonds is 3. The van der Waals surface area contributed by atoms with E-state index in [-0.39, 0.29) is 11.8 Å². The molecule has 1 aromatic heterocycles. The van der Waals surface area contributed by atoms with Gasteiger partial charge >= 0.3 is 12.0 Å². The van der Waals surface area contributed by atoms with Crippen molar-refractivity contribution in [1.29, 1.82) is 0 Å². The fourth-order valence-corrected chi connectivity index (χ4v) is 1.40. The number of ether oxygens (including phenoxy) is 1. The summed E-state index contributed by atoms with van der Waals surface area (Å²) in [7, 11) is 0. The number of hydrogen-bond acceptors (Lipinski definition) is 4. The second-order valence-electron chi connectivity index (χ2n) is 3.23. The highest BCUT2D eigenvalue weighted by atomic mass is 79.9. The standard InChI is InChI=1S/C11H6BrFN2O3/c12-6-4-14-11(15-5-6)18-7-1-2-8(10(16)17)9(13)3-7/h1-5H,(H,16,17). The van der Waals surface area contributed by atoms with Crippen molar-refractivity contribution in [2.24, 2.45) is 0 Å². The Morgan fingerprint density at radius 3 is 2.56 bits per heavy atom. The average molecular weight is 313 g/mol. The third kappa shape index (κ3) is 2.80. The zero-order chi connectivity index (χ0) is 13.1. The molecule has 0 amide bonds. The van der Waals surface area contributed by atoms with E-state index in [0.717, 1.165) is 12.1 Å². The number of hydrogen-bond donors (Lipinski definition) is 1. The van der Waals surface area contributed by atoms with E-state index in [4.69, 9.17) is 9.84 Å². The van der Waals surface area contributed by atoms with Gasteiger partial charge in [0.05, 0.1) is 10.0 Å². The number of benzene rings is 1. The topological polar surface area (TPSA) is 72.3 Å². The van der Waals surface area contributed by atoms with Crippen molar-refractivity contribution in [1.82, 2.24) is 9.97 Å². The summed E-state index contributed by atoms with van der Waals surface area (Å²) < 4.78 is 19.2. The number of nitrogens with zero attached hydrogens (tertiary/aromatic N) is 2. The lowest BCUT2D eigenvalue weighted by Crippen LogP contribution is -2.00. The molecule has 0 aliphatic heterocycles. The second kappa shape index (κ2) is 5.09. The highest BCUT2D eigenvalue weighted by molar-refractivity contribution is 9.10. The Labute approximate surface area is 109 Å². The zero-order valence-electron chi connectivity index (χ0n) is 8.80. The van der Waals surface area contributed by atoms with Gasteiger partial charge < -0.3 is 9.84 Å². The van der Waals surface area contributed by atoms with Gasteiger partial charge in [-0.3, -0.25) is 0 Å². The third-order valence-corrected chi connectivity index (χ3v) is 2.39. The van der Waals surface area contributed by atoms with Crippen molar-refractivity contribution in [2.45, 2.75) is 0 Å². The van der Waals surface area contributed by atoms with Crippen LogP contribution in [0, 0.1) is 5.82 Å². The molecular formula is C11H6BrFN2O3. The van der Waals surface area contributed by atoms with Gasteiger partial charge in [0.1, 0.15) is 11.6 Å². The van der Waals surface area contributed by atoms with Crippen LogP contribution in [0.3, 0.4) is 0 Å². The highest BCUT2D eigenvalue weighted by Gasteiger charge is 2.11. The van der Waals surface area contributed by atoms with Gasteiger partial charge in [-0.1, -0.05) is 0 Å². The van der Waals surface area contributed by atoms with Crippen LogP contribution >= 0.6 is 15.9 Å². The molecule has 0 atom stereocenters. The molecule has 0 aliphatic carbocycles. The molecular weight excluding hydrogens is 307 g/mol. The predicted molar refractivity (Wildman–Crippen MR) is 63.2 cm³/mol. The van der Waals surface area contributed by atoms with Gasteiger partial charge in [0, 0.05) is 18.5 Å². The Bertz CT molecular complexity index is 589. The lowest BCUT2D eigenvalue weighted by atomic mass is 10.2. The van der Waals surface area contributed by atoms with E-state index < -0.39 is 17.3 Å². The van der Waals surface area contributed by atoms with Crippen molar-refractivity contribution < 1.29 is 19.0 Å². The van der Waals surface area contributed by atoms with Gasteiger partial charge in [-0.2, -0.15) is 0 Å². The summed E-state index contributed by atoms with van der Waals surface area (Å²) in [5.41, 5.74) is -0.418. The van der Waals surface area contributed by atoms with Gasteiger partial charge in [0.2, 0.25) is 0 Å². The molecule has 18 heavy (non-hydrogen) atoms. The number of carboxylic acids is 1. The number of carboxylic acid groups (broad SMARTS) is 1. The molecule has 92 valence electrons. The minimum absolute atomic E-state index is 0.0423. The van der Waals surface area contributed by atoms with E-state index in [0.29, 0.717) is 4.47 Å². The summed E-state index contributed by atoms with van der Waals surface area (Å²) in [6, 6.07) is 3.46. The quantitative estimate of drug-likeness (QED) is 0.943. The molecule has 7 heteroatoms. The maximum absolute atomic E-state index is 13.4. The molecule has 1 heterocycles. The summed E-state index contributed by atoms with van der Waals surface area (Å²) in [5.74, 6) is -2.09. The van der Waals surface area contributed by atoms with Crippen LogP contribution in [-0.4, -0.2) is 21.0 Å². The zero-order valence-corrected chi connectivity index (χ0v) is 10.4. The number of aromatic carboxylic acids is 1. The normalized spacial score (nSPS) is 10.1. The third-order valence-electron chi connectivity index (χ3n) is 1.98. The highest BCUT2D eigenvalue weighted by Crippen LogP contribution is 2.21. The van der Waals surface area contributed by atoms with Crippen molar-refractivity contribution in [3.63, 3.8) is 0 Å². The number of carbonyl (C=O) groups is 1. The van der Waals surface area contributed by atoms with Crippen LogP contribution in [0.25, 0.3) is 0 Å². The SMILES string of the molecule is O=C(O)c1ccc(Oc2ncc(Br)cn2)cc1F. The van der Waals surface area contributed by atoms with E-state index in [1.807, 2.05) is 0 Å². The van der Waals surface area contributed by atoms with E-state index in [1.165, 1.54) is 18.5 Å².